The van der Waals surface area contributed by atoms with Crippen LogP contribution < -0.4 is 0 Å². The van der Waals surface area contributed by atoms with E-state index in [2.05, 4.69) is 16.6 Å². The van der Waals surface area contributed by atoms with Crippen LogP contribution in [0.1, 0.15) is 36.1 Å². The second kappa shape index (κ2) is 5.74. The van der Waals surface area contributed by atoms with E-state index in [1.54, 1.807) is 12.3 Å². The Kier molecular flexibility index (Phi) is 4.05. The third kappa shape index (κ3) is 3.05. The second-order valence-electron chi connectivity index (χ2n) is 4.62. The lowest BCUT2D eigenvalue weighted by molar-refractivity contribution is 0.636. The first-order valence-corrected chi connectivity index (χ1v) is 6.28. The number of hydrogen-bond donors (Lipinski definition) is 0. The minimum Gasteiger partial charge on any atom is -0.262 e. The highest BCUT2D eigenvalue weighted by Gasteiger charge is 2.14. The van der Waals surface area contributed by atoms with Crippen molar-refractivity contribution in [2.24, 2.45) is 4.99 Å². The van der Waals surface area contributed by atoms with Crippen LogP contribution in [0.4, 0.5) is 4.39 Å². The van der Waals surface area contributed by atoms with E-state index in [0.717, 1.165) is 29.0 Å². The molecule has 1 atom stereocenters. The molecule has 1 aromatic rings. The van der Waals surface area contributed by atoms with E-state index in [4.69, 9.17) is 0 Å². The number of pyridine rings is 1. The second-order valence-corrected chi connectivity index (χ2v) is 4.62. The lowest BCUT2D eigenvalue weighted by atomic mass is 9.94. The zero-order valence-corrected chi connectivity index (χ0v) is 11.2. The largest absolute Gasteiger partial charge is 0.262 e. The molecular weight excluding hydrogens is 239 g/mol. The highest BCUT2D eigenvalue weighted by molar-refractivity contribution is 6.00. The van der Waals surface area contributed by atoms with Gasteiger partial charge in [-0.05, 0) is 44.1 Å². The van der Waals surface area contributed by atoms with Crippen LogP contribution in [0.15, 0.2) is 54.1 Å². The van der Waals surface area contributed by atoms with Gasteiger partial charge in [-0.2, -0.15) is 0 Å². The topological polar surface area (TPSA) is 25.2 Å². The Morgan fingerprint density at radius 1 is 1.58 bits per heavy atom. The molecule has 3 heteroatoms. The van der Waals surface area contributed by atoms with Crippen molar-refractivity contribution >= 4 is 5.71 Å². The SMILES string of the molecule is C=CN=C(C)c1cnc(C2C=C(F)C=CC2)cc1C. The standard InChI is InChI=1S/C16H17FN2/c1-4-18-12(3)15-10-19-16(8-11(15)2)13-6-5-7-14(17)9-13/h4-5,7-10,13H,1,6H2,2-3H3. The molecule has 1 heterocycles. The average Bonchev–Trinajstić information content (AvgIpc) is 2.38. The number of halogens is 1. The van der Waals surface area contributed by atoms with E-state index >= 15 is 0 Å². The van der Waals surface area contributed by atoms with Crippen molar-refractivity contribution in [2.45, 2.75) is 26.2 Å². The van der Waals surface area contributed by atoms with Crippen molar-refractivity contribution in [3.05, 3.63) is 65.9 Å². The zero-order valence-electron chi connectivity index (χ0n) is 11.2. The Balaban J connectivity index is 2.32. The molecule has 0 saturated heterocycles. The van der Waals surface area contributed by atoms with Crippen LogP contribution in [0.2, 0.25) is 0 Å². The van der Waals surface area contributed by atoms with Gasteiger partial charge in [-0.15, -0.1) is 0 Å². The summed E-state index contributed by atoms with van der Waals surface area (Å²) in [4.78, 5) is 8.61. The third-order valence-corrected chi connectivity index (χ3v) is 3.21. The molecule has 0 bridgehead atoms. The summed E-state index contributed by atoms with van der Waals surface area (Å²) in [6.07, 6.45) is 9.07. The first kappa shape index (κ1) is 13.4. The van der Waals surface area contributed by atoms with Crippen LogP contribution in [0.5, 0.6) is 0 Å². The Bertz CT molecular complexity index is 582. The van der Waals surface area contributed by atoms with Crippen LogP contribution in [0, 0.1) is 6.92 Å². The molecule has 0 aromatic carbocycles. The highest BCUT2D eigenvalue weighted by atomic mass is 19.1. The number of aryl methyl sites for hydroxylation is 1. The molecule has 98 valence electrons. The van der Waals surface area contributed by atoms with E-state index in [1.165, 1.54) is 12.3 Å². The number of nitrogens with zero attached hydrogens (tertiary/aromatic N) is 2. The first-order valence-electron chi connectivity index (χ1n) is 6.28. The van der Waals surface area contributed by atoms with Crippen molar-refractivity contribution in [2.75, 3.05) is 0 Å². The van der Waals surface area contributed by atoms with Crippen LogP contribution in [0.25, 0.3) is 0 Å². The van der Waals surface area contributed by atoms with Crippen LogP contribution in [0.3, 0.4) is 0 Å². The van der Waals surface area contributed by atoms with Gasteiger partial charge in [0.25, 0.3) is 0 Å². The van der Waals surface area contributed by atoms with Crippen LogP contribution in [-0.2, 0) is 0 Å². The van der Waals surface area contributed by atoms with Gasteiger partial charge in [0.2, 0.25) is 0 Å². The summed E-state index contributed by atoms with van der Waals surface area (Å²) < 4.78 is 13.2. The maximum absolute atomic E-state index is 13.2. The molecule has 0 saturated carbocycles. The summed E-state index contributed by atoms with van der Waals surface area (Å²) >= 11 is 0. The van der Waals surface area contributed by atoms with Gasteiger partial charge < -0.3 is 0 Å². The summed E-state index contributed by atoms with van der Waals surface area (Å²) in [5, 5.41) is 0. The number of aliphatic imine (C=N–C) groups is 1. The molecular formula is C16H17FN2. The third-order valence-electron chi connectivity index (χ3n) is 3.21. The fourth-order valence-electron chi connectivity index (χ4n) is 2.21. The van der Waals surface area contributed by atoms with Crippen molar-refractivity contribution in [1.82, 2.24) is 4.98 Å². The van der Waals surface area contributed by atoms with E-state index in [-0.39, 0.29) is 11.7 Å². The molecule has 0 N–H and O–H groups in total. The lowest BCUT2D eigenvalue weighted by Crippen LogP contribution is -2.05. The Labute approximate surface area is 113 Å². The molecule has 1 aliphatic rings. The fraction of sp³-hybridized carbons (Fsp3) is 0.250. The fourth-order valence-corrected chi connectivity index (χ4v) is 2.21. The number of allylic oxidation sites excluding steroid dienone is 4. The molecule has 1 unspecified atom stereocenters. The first-order chi connectivity index (χ1) is 9.11. The van der Waals surface area contributed by atoms with Gasteiger partial charge in [0.15, 0.2) is 0 Å². The van der Waals surface area contributed by atoms with Crippen molar-refractivity contribution in [3.63, 3.8) is 0 Å². The Morgan fingerprint density at radius 3 is 3.00 bits per heavy atom. The molecule has 0 radical (unpaired) electrons. The van der Waals surface area contributed by atoms with Gasteiger partial charge in [0.05, 0.1) is 0 Å². The summed E-state index contributed by atoms with van der Waals surface area (Å²) in [6.45, 7) is 7.53. The zero-order chi connectivity index (χ0) is 13.8. The molecule has 19 heavy (non-hydrogen) atoms. The van der Waals surface area contributed by atoms with Crippen molar-refractivity contribution < 1.29 is 4.39 Å². The predicted octanol–water partition coefficient (Wildman–Crippen LogP) is 4.24. The van der Waals surface area contributed by atoms with E-state index in [9.17, 15) is 4.39 Å². The number of hydrogen-bond acceptors (Lipinski definition) is 2. The van der Waals surface area contributed by atoms with Gasteiger partial charge in [-0.25, -0.2) is 4.39 Å². The summed E-state index contributed by atoms with van der Waals surface area (Å²) in [7, 11) is 0. The van der Waals surface area contributed by atoms with E-state index in [1.807, 2.05) is 26.0 Å². The molecule has 2 rings (SSSR count). The normalized spacial score (nSPS) is 19.2. The van der Waals surface area contributed by atoms with Gasteiger partial charge >= 0.3 is 0 Å². The smallest absolute Gasteiger partial charge is 0.119 e. The predicted molar refractivity (Wildman–Crippen MR) is 77.1 cm³/mol. The Morgan fingerprint density at radius 2 is 2.37 bits per heavy atom. The van der Waals surface area contributed by atoms with Crippen LogP contribution in [-0.4, -0.2) is 10.7 Å². The maximum Gasteiger partial charge on any atom is 0.119 e. The highest BCUT2D eigenvalue weighted by Crippen LogP contribution is 2.27. The summed E-state index contributed by atoms with van der Waals surface area (Å²) in [6, 6.07) is 2.01. The van der Waals surface area contributed by atoms with Gasteiger partial charge in [0, 0.05) is 35.3 Å². The van der Waals surface area contributed by atoms with Crippen molar-refractivity contribution in [1.29, 1.82) is 0 Å². The number of aromatic nitrogens is 1. The van der Waals surface area contributed by atoms with E-state index in [0.29, 0.717) is 0 Å². The van der Waals surface area contributed by atoms with Gasteiger partial charge in [-0.3, -0.25) is 9.98 Å². The van der Waals surface area contributed by atoms with Crippen LogP contribution >= 0.6 is 0 Å². The lowest BCUT2D eigenvalue weighted by Gasteiger charge is -2.15. The molecule has 1 aromatic heterocycles. The molecule has 0 spiro atoms. The van der Waals surface area contributed by atoms with Gasteiger partial charge in [-0.1, -0.05) is 12.7 Å². The minimum absolute atomic E-state index is 0.0226. The summed E-state index contributed by atoms with van der Waals surface area (Å²) in [5.41, 5.74) is 3.87. The molecule has 1 aliphatic carbocycles. The van der Waals surface area contributed by atoms with Crippen molar-refractivity contribution in [3.8, 4) is 0 Å². The monoisotopic (exact) mass is 256 g/mol. The molecule has 2 nitrogen and oxygen atoms in total. The Hall–Kier alpha value is -2.03. The molecule has 0 amide bonds. The minimum atomic E-state index is -0.191. The van der Waals surface area contributed by atoms with E-state index < -0.39 is 0 Å². The average molecular weight is 256 g/mol. The molecule has 0 aliphatic heterocycles. The number of rotatable bonds is 3. The quantitative estimate of drug-likeness (QED) is 0.742. The molecule has 0 fully saturated rings. The maximum atomic E-state index is 13.2. The summed E-state index contributed by atoms with van der Waals surface area (Å²) in [5.74, 6) is -0.168. The van der Waals surface area contributed by atoms with Gasteiger partial charge in [0.1, 0.15) is 5.83 Å².